The van der Waals surface area contributed by atoms with Crippen molar-refractivity contribution >= 4 is 56.4 Å². The number of benzene rings is 2. The first kappa shape index (κ1) is 23.6. The van der Waals surface area contributed by atoms with Crippen LogP contribution in [0.25, 0.3) is 0 Å². The zero-order chi connectivity index (χ0) is 21.8. The van der Waals surface area contributed by atoms with Crippen molar-refractivity contribution in [1.29, 1.82) is 0 Å². The molecule has 0 spiro atoms. The van der Waals surface area contributed by atoms with Gasteiger partial charge in [-0.25, -0.2) is 8.42 Å². The number of anilines is 1. The van der Waals surface area contributed by atoms with Crippen LogP contribution in [0.4, 0.5) is 5.69 Å². The molecule has 2 rings (SSSR count). The fourth-order valence-electron chi connectivity index (χ4n) is 2.60. The Kier molecular flexibility index (Phi) is 8.05. The van der Waals surface area contributed by atoms with Crippen LogP contribution in [0.15, 0.2) is 36.4 Å². The van der Waals surface area contributed by atoms with Gasteiger partial charge in [-0.1, -0.05) is 46.9 Å². The van der Waals surface area contributed by atoms with Crippen LogP contribution < -0.4 is 14.4 Å². The monoisotopic (exact) mass is 478 g/mol. The van der Waals surface area contributed by atoms with E-state index in [4.69, 9.17) is 39.5 Å². The molecule has 0 radical (unpaired) electrons. The maximum absolute atomic E-state index is 12.5. The fraction of sp³-hybridized carbons (Fsp3) is 0.316. The number of carbonyl (C=O) groups is 1. The Balaban J connectivity index is 2.18. The SMILES string of the molecule is CCOc1ccc([C@@H](C)NC(=O)CN(c2cc(Cl)c(Cl)cc2Cl)S(C)(=O)=O)cc1. The minimum Gasteiger partial charge on any atom is -0.494 e. The average molecular weight is 480 g/mol. The summed E-state index contributed by atoms with van der Waals surface area (Å²) in [6.07, 6.45) is 0.981. The lowest BCUT2D eigenvalue weighted by Gasteiger charge is -2.24. The third kappa shape index (κ3) is 6.40. The van der Waals surface area contributed by atoms with Crippen LogP contribution in [0, 0.1) is 0 Å². The van der Waals surface area contributed by atoms with Crippen molar-refractivity contribution in [2.45, 2.75) is 19.9 Å². The molecule has 2 aromatic carbocycles. The molecule has 1 N–H and O–H groups in total. The predicted molar refractivity (Wildman–Crippen MR) is 118 cm³/mol. The number of hydrogen-bond acceptors (Lipinski definition) is 4. The molecule has 0 aromatic heterocycles. The van der Waals surface area contributed by atoms with Crippen LogP contribution in [-0.4, -0.2) is 33.7 Å². The smallest absolute Gasteiger partial charge is 0.241 e. The molecule has 158 valence electrons. The number of sulfonamides is 1. The molecule has 29 heavy (non-hydrogen) atoms. The van der Waals surface area contributed by atoms with Crippen molar-refractivity contribution in [3.8, 4) is 5.75 Å². The number of carbonyl (C=O) groups excluding carboxylic acids is 1. The molecule has 0 aliphatic rings. The lowest BCUT2D eigenvalue weighted by atomic mass is 10.1. The second-order valence-electron chi connectivity index (χ2n) is 6.28. The van der Waals surface area contributed by atoms with E-state index in [-0.39, 0.29) is 26.8 Å². The number of amides is 1. The second kappa shape index (κ2) is 9.89. The van der Waals surface area contributed by atoms with Crippen LogP contribution in [0.3, 0.4) is 0 Å². The molecule has 2 aromatic rings. The van der Waals surface area contributed by atoms with Crippen LogP contribution in [0.5, 0.6) is 5.75 Å². The topological polar surface area (TPSA) is 75.7 Å². The second-order valence-corrected chi connectivity index (χ2v) is 9.41. The minimum absolute atomic E-state index is 0.0668. The summed E-state index contributed by atoms with van der Waals surface area (Å²) in [5, 5.41) is 3.15. The van der Waals surface area contributed by atoms with Gasteiger partial charge in [0.25, 0.3) is 0 Å². The average Bonchev–Trinajstić information content (AvgIpc) is 2.63. The van der Waals surface area contributed by atoms with Gasteiger partial charge in [-0.15, -0.1) is 0 Å². The summed E-state index contributed by atoms with van der Waals surface area (Å²) >= 11 is 18.0. The molecule has 0 saturated carbocycles. The Hall–Kier alpha value is -1.67. The number of rotatable bonds is 8. The lowest BCUT2D eigenvalue weighted by Crippen LogP contribution is -2.41. The zero-order valence-corrected chi connectivity index (χ0v) is 19.2. The number of nitrogens with zero attached hydrogens (tertiary/aromatic N) is 1. The Morgan fingerprint density at radius 3 is 2.24 bits per heavy atom. The molecule has 0 aliphatic carbocycles. The number of ether oxygens (including phenoxy) is 1. The van der Waals surface area contributed by atoms with Gasteiger partial charge < -0.3 is 10.1 Å². The molecule has 0 saturated heterocycles. The highest BCUT2D eigenvalue weighted by molar-refractivity contribution is 7.92. The quantitative estimate of drug-likeness (QED) is 0.557. The molecule has 10 heteroatoms. The minimum atomic E-state index is -3.81. The predicted octanol–water partition coefficient (Wildman–Crippen LogP) is 4.69. The van der Waals surface area contributed by atoms with Crippen molar-refractivity contribution in [2.75, 3.05) is 23.7 Å². The lowest BCUT2D eigenvalue weighted by molar-refractivity contribution is -0.120. The van der Waals surface area contributed by atoms with Gasteiger partial charge in [-0.3, -0.25) is 9.10 Å². The summed E-state index contributed by atoms with van der Waals surface area (Å²) in [7, 11) is -3.81. The Labute approximate surface area is 185 Å². The van der Waals surface area contributed by atoms with Crippen molar-refractivity contribution in [2.24, 2.45) is 0 Å². The maximum atomic E-state index is 12.5. The summed E-state index contributed by atoms with van der Waals surface area (Å²) < 4.78 is 30.8. The number of halogens is 3. The first-order valence-corrected chi connectivity index (χ1v) is 11.7. The van der Waals surface area contributed by atoms with Crippen LogP contribution in [0.2, 0.25) is 15.1 Å². The third-order valence-electron chi connectivity index (χ3n) is 4.01. The molecular weight excluding hydrogens is 459 g/mol. The van der Waals surface area contributed by atoms with Crippen LogP contribution >= 0.6 is 34.8 Å². The van der Waals surface area contributed by atoms with Crippen LogP contribution in [-0.2, 0) is 14.8 Å². The first-order valence-electron chi connectivity index (χ1n) is 8.67. The Bertz CT molecular complexity index is 982. The van der Waals surface area contributed by atoms with Gasteiger partial charge in [-0.05, 0) is 43.7 Å². The molecule has 0 aliphatic heterocycles. The van der Waals surface area contributed by atoms with Gasteiger partial charge >= 0.3 is 0 Å². The highest BCUT2D eigenvalue weighted by atomic mass is 35.5. The van der Waals surface area contributed by atoms with Gasteiger partial charge in [0.2, 0.25) is 15.9 Å². The maximum Gasteiger partial charge on any atom is 0.241 e. The summed E-state index contributed by atoms with van der Waals surface area (Å²) in [6, 6.07) is 9.58. The van der Waals surface area contributed by atoms with Crippen molar-refractivity contribution in [1.82, 2.24) is 5.32 Å². The fourth-order valence-corrected chi connectivity index (χ4v) is 4.16. The molecule has 1 amide bonds. The van der Waals surface area contributed by atoms with E-state index in [1.54, 1.807) is 19.1 Å². The van der Waals surface area contributed by atoms with Crippen molar-refractivity contribution in [3.05, 3.63) is 57.0 Å². The molecule has 0 fully saturated rings. The molecule has 6 nitrogen and oxygen atoms in total. The van der Waals surface area contributed by atoms with E-state index in [1.165, 1.54) is 12.1 Å². The van der Waals surface area contributed by atoms with Gasteiger partial charge in [0.15, 0.2) is 0 Å². The van der Waals surface area contributed by atoms with E-state index < -0.39 is 22.5 Å². The van der Waals surface area contributed by atoms with Gasteiger partial charge in [0, 0.05) is 0 Å². The summed E-state index contributed by atoms with van der Waals surface area (Å²) in [5.74, 6) is 0.228. The molecule has 1 atom stereocenters. The van der Waals surface area contributed by atoms with Crippen LogP contribution in [0.1, 0.15) is 25.5 Å². The van der Waals surface area contributed by atoms with E-state index >= 15 is 0 Å². The zero-order valence-electron chi connectivity index (χ0n) is 16.1. The Morgan fingerprint density at radius 2 is 1.69 bits per heavy atom. The molecule has 0 bridgehead atoms. The van der Waals surface area contributed by atoms with E-state index in [1.807, 2.05) is 19.1 Å². The largest absolute Gasteiger partial charge is 0.494 e. The normalized spacial score (nSPS) is 12.3. The highest BCUT2D eigenvalue weighted by Crippen LogP contribution is 2.35. The van der Waals surface area contributed by atoms with Gasteiger partial charge in [0.05, 0.1) is 39.7 Å². The summed E-state index contributed by atoms with van der Waals surface area (Å²) in [4.78, 5) is 12.5. The molecule has 0 unspecified atom stereocenters. The number of nitrogens with one attached hydrogen (secondary N) is 1. The highest BCUT2D eigenvalue weighted by Gasteiger charge is 2.25. The first-order chi connectivity index (χ1) is 13.5. The van der Waals surface area contributed by atoms with E-state index in [0.29, 0.717) is 6.61 Å². The Morgan fingerprint density at radius 1 is 1.10 bits per heavy atom. The van der Waals surface area contributed by atoms with E-state index in [0.717, 1.165) is 21.9 Å². The summed E-state index contributed by atoms with van der Waals surface area (Å²) in [6.45, 7) is 3.79. The van der Waals surface area contributed by atoms with E-state index in [2.05, 4.69) is 5.32 Å². The van der Waals surface area contributed by atoms with E-state index in [9.17, 15) is 13.2 Å². The molecule has 0 heterocycles. The standard InChI is InChI=1S/C19H21Cl3N2O4S/c1-4-28-14-7-5-13(6-8-14)12(2)23-19(25)11-24(29(3,26)27)18-10-16(21)15(20)9-17(18)22/h5-10,12H,4,11H2,1-3H3,(H,23,25)/t12-/m1/s1. The summed E-state index contributed by atoms with van der Waals surface area (Å²) in [5.41, 5.74) is 0.924. The molecular formula is C19H21Cl3N2O4S. The van der Waals surface area contributed by atoms with Gasteiger partial charge in [0.1, 0.15) is 12.3 Å². The number of hydrogen-bond donors (Lipinski definition) is 1. The van der Waals surface area contributed by atoms with Gasteiger partial charge in [-0.2, -0.15) is 0 Å². The van der Waals surface area contributed by atoms with Crippen molar-refractivity contribution < 1.29 is 17.9 Å². The van der Waals surface area contributed by atoms with Crippen molar-refractivity contribution in [3.63, 3.8) is 0 Å². The third-order valence-corrected chi connectivity index (χ3v) is 6.17.